The van der Waals surface area contributed by atoms with Crippen molar-refractivity contribution in [2.45, 2.75) is 31.8 Å². The lowest BCUT2D eigenvalue weighted by Gasteiger charge is -2.17. The number of aryl methyl sites for hydroxylation is 1. The second kappa shape index (κ2) is 6.07. The number of fused-ring (bicyclic) bond motifs is 1. The highest BCUT2D eigenvalue weighted by Crippen LogP contribution is 2.40. The highest BCUT2D eigenvalue weighted by atomic mass is 32.1. The molecule has 2 aromatic heterocycles. The lowest BCUT2D eigenvalue weighted by molar-refractivity contribution is 0.0765. The summed E-state index contributed by atoms with van der Waals surface area (Å²) in [7, 11) is 0. The SMILES string of the molecule is O=C(Nc1sc2c(c1C(=O)N1CC[C@@H](O)C1)CCC2)c1ccco1. The molecule has 7 heteroatoms. The van der Waals surface area contributed by atoms with Crippen LogP contribution < -0.4 is 5.32 Å². The van der Waals surface area contributed by atoms with E-state index in [1.165, 1.54) is 22.5 Å². The predicted molar refractivity (Wildman–Crippen MR) is 89.5 cm³/mol. The Hall–Kier alpha value is -2.12. The first kappa shape index (κ1) is 15.4. The molecule has 1 fully saturated rings. The number of aliphatic hydroxyl groups is 1. The molecule has 0 unspecified atom stereocenters. The van der Waals surface area contributed by atoms with E-state index < -0.39 is 6.10 Å². The van der Waals surface area contributed by atoms with Crippen molar-refractivity contribution in [2.75, 3.05) is 18.4 Å². The Morgan fingerprint density at radius 1 is 1.38 bits per heavy atom. The van der Waals surface area contributed by atoms with Crippen molar-refractivity contribution >= 4 is 28.2 Å². The predicted octanol–water partition coefficient (Wildman–Crippen LogP) is 2.29. The van der Waals surface area contributed by atoms with Crippen LogP contribution >= 0.6 is 11.3 Å². The topological polar surface area (TPSA) is 82.8 Å². The van der Waals surface area contributed by atoms with E-state index in [-0.39, 0.29) is 17.6 Å². The lowest BCUT2D eigenvalue weighted by atomic mass is 10.1. The number of amides is 2. The van der Waals surface area contributed by atoms with Gasteiger partial charge in [0.2, 0.25) is 0 Å². The van der Waals surface area contributed by atoms with Gasteiger partial charge >= 0.3 is 0 Å². The van der Waals surface area contributed by atoms with Crippen molar-refractivity contribution in [3.8, 4) is 0 Å². The van der Waals surface area contributed by atoms with Gasteiger partial charge in [0.15, 0.2) is 5.76 Å². The number of carbonyl (C=O) groups excluding carboxylic acids is 2. The third kappa shape index (κ3) is 2.63. The van der Waals surface area contributed by atoms with E-state index in [0.29, 0.717) is 30.1 Å². The summed E-state index contributed by atoms with van der Waals surface area (Å²) in [6.45, 7) is 0.908. The molecule has 3 heterocycles. The number of hydrogen-bond acceptors (Lipinski definition) is 5. The fraction of sp³-hybridized carbons (Fsp3) is 0.412. The summed E-state index contributed by atoms with van der Waals surface area (Å²) in [5.74, 6) is -0.227. The molecule has 1 atom stereocenters. The van der Waals surface area contributed by atoms with Crippen LogP contribution in [0.25, 0.3) is 0 Å². The van der Waals surface area contributed by atoms with Gasteiger partial charge in [0.25, 0.3) is 11.8 Å². The average Bonchev–Trinajstić information content (AvgIpc) is 3.31. The van der Waals surface area contributed by atoms with Crippen molar-refractivity contribution in [3.63, 3.8) is 0 Å². The van der Waals surface area contributed by atoms with E-state index in [2.05, 4.69) is 5.32 Å². The number of carbonyl (C=O) groups is 2. The number of hydrogen-bond donors (Lipinski definition) is 2. The van der Waals surface area contributed by atoms with Crippen LogP contribution in [0.3, 0.4) is 0 Å². The highest BCUT2D eigenvalue weighted by molar-refractivity contribution is 7.17. The van der Waals surface area contributed by atoms with Crippen LogP contribution in [0.5, 0.6) is 0 Å². The number of aliphatic hydroxyl groups excluding tert-OH is 1. The number of thiophene rings is 1. The van der Waals surface area contributed by atoms with Crippen LogP contribution in [-0.4, -0.2) is 41.0 Å². The van der Waals surface area contributed by atoms with E-state index in [0.717, 1.165) is 24.8 Å². The first-order chi connectivity index (χ1) is 11.6. The molecule has 0 radical (unpaired) electrons. The first-order valence-electron chi connectivity index (χ1n) is 8.10. The molecule has 0 aromatic carbocycles. The Kier molecular flexibility index (Phi) is 3.90. The molecule has 0 spiro atoms. The summed E-state index contributed by atoms with van der Waals surface area (Å²) >= 11 is 1.48. The summed E-state index contributed by atoms with van der Waals surface area (Å²) in [4.78, 5) is 28.1. The number of nitrogens with one attached hydrogen (secondary N) is 1. The van der Waals surface area contributed by atoms with Gasteiger partial charge in [-0.2, -0.15) is 0 Å². The Labute approximate surface area is 143 Å². The summed E-state index contributed by atoms with van der Waals surface area (Å²) < 4.78 is 5.12. The van der Waals surface area contributed by atoms with Crippen LogP contribution in [0.4, 0.5) is 5.00 Å². The number of nitrogens with zero attached hydrogens (tertiary/aromatic N) is 1. The second-order valence-corrected chi connectivity index (χ2v) is 7.29. The number of anilines is 1. The van der Waals surface area contributed by atoms with Gasteiger partial charge in [0, 0.05) is 18.0 Å². The van der Waals surface area contributed by atoms with Crippen LogP contribution in [0.1, 0.15) is 44.2 Å². The standard InChI is InChI=1S/C17H18N2O4S/c20-10-6-7-19(9-10)17(22)14-11-3-1-5-13(11)24-16(14)18-15(21)12-4-2-8-23-12/h2,4,8,10,20H,1,3,5-7,9H2,(H,18,21)/t10-/m1/s1. The van der Waals surface area contributed by atoms with E-state index in [1.54, 1.807) is 17.0 Å². The molecular weight excluding hydrogens is 328 g/mol. The van der Waals surface area contributed by atoms with E-state index in [9.17, 15) is 14.7 Å². The Bertz CT molecular complexity index is 781. The van der Waals surface area contributed by atoms with Gasteiger partial charge in [-0.3, -0.25) is 9.59 Å². The number of likely N-dealkylation sites (tertiary alicyclic amines) is 1. The normalized spacial score (nSPS) is 19.5. The Morgan fingerprint density at radius 3 is 2.96 bits per heavy atom. The molecule has 24 heavy (non-hydrogen) atoms. The zero-order valence-electron chi connectivity index (χ0n) is 13.1. The van der Waals surface area contributed by atoms with Crippen LogP contribution in [0.15, 0.2) is 22.8 Å². The molecule has 1 aliphatic carbocycles. The maximum Gasteiger partial charge on any atom is 0.291 e. The fourth-order valence-corrected chi connectivity index (χ4v) is 4.65. The van der Waals surface area contributed by atoms with Crippen LogP contribution in [-0.2, 0) is 12.8 Å². The summed E-state index contributed by atoms with van der Waals surface area (Å²) in [5, 5.41) is 13.1. The summed E-state index contributed by atoms with van der Waals surface area (Å²) in [6, 6.07) is 3.25. The van der Waals surface area contributed by atoms with Gasteiger partial charge in [-0.25, -0.2) is 0 Å². The van der Waals surface area contributed by atoms with Crippen molar-refractivity contribution in [3.05, 3.63) is 40.2 Å². The first-order valence-corrected chi connectivity index (χ1v) is 8.92. The van der Waals surface area contributed by atoms with E-state index in [1.807, 2.05) is 0 Å². The molecule has 1 aliphatic heterocycles. The third-order valence-corrected chi connectivity index (χ3v) is 5.77. The quantitative estimate of drug-likeness (QED) is 0.893. The zero-order chi connectivity index (χ0) is 16.7. The maximum absolute atomic E-state index is 12.9. The Balaban J connectivity index is 1.65. The molecule has 126 valence electrons. The van der Waals surface area contributed by atoms with E-state index >= 15 is 0 Å². The molecule has 6 nitrogen and oxygen atoms in total. The zero-order valence-corrected chi connectivity index (χ0v) is 13.9. The molecule has 0 bridgehead atoms. The summed E-state index contributed by atoms with van der Waals surface area (Å²) in [5.41, 5.74) is 1.66. The summed E-state index contributed by atoms with van der Waals surface area (Å²) in [6.07, 6.45) is 4.44. The van der Waals surface area contributed by atoms with Gasteiger partial charge in [-0.05, 0) is 43.4 Å². The second-order valence-electron chi connectivity index (χ2n) is 6.19. The minimum absolute atomic E-state index is 0.0966. The van der Waals surface area contributed by atoms with Crippen molar-refractivity contribution in [1.29, 1.82) is 0 Å². The lowest BCUT2D eigenvalue weighted by Crippen LogP contribution is -2.30. The molecule has 4 rings (SSSR count). The fourth-order valence-electron chi connectivity index (χ4n) is 3.38. The Morgan fingerprint density at radius 2 is 2.25 bits per heavy atom. The van der Waals surface area contributed by atoms with Crippen LogP contribution in [0, 0.1) is 0 Å². The van der Waals surface area contributed by atoms with Crippen molar-refractivity contribution in [1.82, 2.24) is 4.90 Å². The van der Waals surface area contributed by atoms with Crippen molar-refractivity contribution in [2.24, 2.45) is 0 Å². The molecule has 2 aliphatic rings. The van der Waals surface area contributed by atoms with Crippen LogP contribution in [0.2, 0.25) is 0 Å². The van der Waals surface area contributed by atoms with Gasteiger partial charge in [-0.1, -0.05) is 0 Å². The van der Waals surface area contributed by atoms with Gasteiger partial charge in [0.05, 0.1) is 17.9 Å². The highest BCUT2D eigenvalue weighted by Gasteiger charge is 2.33. The third-order valence-electron chi connectivity index (χ3n) is 4.56. The molecule has 1 saturated heterocycles. The minimum Gasteiger partial charge on any atom is -0.459 e. The molecular formula is C17H18N2O4S. The molecule has 2 amide bonds. The number of furan rings is 1. The van der Waals surface area contributed by atoms with Gasteiger partial charge in [-0.15, -0.1) is 11.3 Å². The maximum atomic E-state index is 12.9. The largest absolute Gasteiger partial charge is 0.459 e. The average molecular weight is 346 g/mol. The monoisotopic (exact) mass is 346 g/mol. The van der Waals surface area contributed by atoms with Gasteiger partial charge < -0.3 is 19.7 Å². The number of rotatable bonds is 3. The van der Waals surface area contributed by atoms with Crippen molar-refractivity contribution < 1.29 is 19.1 Å². The molecule has 0 saturated carbocycles. The molecule has 2 N–H and O–H groups in total. The van der Waals surface area contributed by atoms with E-state index in [4.69, 9.17) is 4.42 Å². The number of β-amino-alcohol motifs (C(OH)–C–C–N with tert-alkyl or cyclic N) is 1. The smallest absolute Gasteiger partial charge is 0.291 e. The minimum atomic E-state index is -0.457. The van der Waals surface area contributed by atoms with Gasteiger partial charge in [0.1, 0.15) is 5.00 Å². The molecule has 2 aromatic rings.